The number of rotatable bonds is 3. The Morgan fingerprint density at radius 2 is 2.10 bits per heavy atom. The van der Waals surface area contributed by atoms with Crippen LogP contribution in [0.5, 0.6) is 0 Å². The van der Waals surface area contributed by atoms with E-state index in [-0.39, 0.29) is 12.5 Å². The van der Waals surface area contributed by atoms with E-state index >= 15 is 0 Å². The maximum atomic E-state index is 12.0. The zero-order valence-corrected chi connectivity index (χ0v) is 12.6. The van der Waals surface area contributed by atoms with Crippen molar-refractivity contribution in [2.24, 2.45) is 0 Å². The second-order valence-electron chi connectivity index (χ2n) is 4.43. The maximum Gasteiger partial charge on any atom is 0.246 e. The Labute approximate surface area is 126 Å². The average molecular weight is 313 g/mol. The van der Waals surface area contributed by atoms with E-state index < -0.39 is 0 Å². The van der Waals surface area contributed by atoms with Crippen LogP contribution in [0.15, 0.2) is 18.2 Å². The van der Waals surface area contributed by atoms with E-state index in [0.717, 1.165) is 5.69 Å². The molecule has 106 valence electrons. The van der Waals surface area contributed by atoms with Gasteiger partial charge in [-0.3, -0.25) is 9.48 Å². The number of nitrogen functional groups attached to an aromatic ring is 1. The summed E-state index contributed by atoms with van der Waals surface area (Å²) in [6, 6.07) is 4.92. The van der Waals surface area contributed by atoms with Gasteiger partial charge in [0.05, 0.1) is 27.1 Å². The van der Waals surface area contributed by atoms with Crippen molar-refractivity contribution in [2.75, 3.05) is 11.1 Å². The molecule has 0 aliphatic carbocycles. The SMILES string of the molecule is Cc1nn(CC(=O)Nc2ccc(Cl)c(N)c2)c(C)c1Cl. The fourth-order valence-electron chi connectivity index (χ4n) is 1.79. The smallest absolute Gasteiger partial charge is 0.246 e. The van der Waals surface area contributed by atoms with Crippen LogP contribution < -0.4 is 11.1 Å². The predicted octanol–water partition coefficient (Wildman–Crippen LogP) is 3.03. The second kappa shape index (κ2) is 5.73. The number of benzene rings is 1. The van der Waals surface area contributed by atoms with Crippen LogP contribution in [0.2, 0.25) is 10.0 Å². The molecule has 0 saturated carbocycles. The summed E-state index contributed by atoms with van der Waals surface area (Å²) in [6.07, 6.45) is 0. The number of nitrogens with two attached hydrogens (primary N) is 1. The van der Waals surface area contributed by atoms with Crippen LogP contribution in [-0.2, 0) is 11.3 Å². The molecule has 1 aromatic heterocycles. The first-order chi connectivity index (χ1) is 9.38. The average Bonchev–Trinajstić information content (AvgIpc) is 2.61. The molecule has 20 heavy (non-hydrogen) atoms. The second-order valence-corrected chi connectivity index (χ2v) is 5.21. The van der Waals surface area contributed by atoms with Crippen LogP contribution in [0.3, 0.4) is 0 Å². The van der Waals surface area contributed by atoms with Crippen molar-refractivity contribution in [3.05, 3.63) is 39.6 Å². The lowest BCUT2D eigenvalue weighted by Crippen LogP contribution is -2.20. The molecule has 1 amide bonds. The molecule has 0 fully saturated rings. The topological polar surface area (TPSA) is 72.9 Å². The monoisotopic (exact) mass is 312 g/mol. The third kappa shape index (κ3) is 3.05. The summed E-state index contributed by atoms with van der Waals surface area (Å²) in [7, 11) is 0. The van der Waals surface area contributed by atoms with Crippen molar-refractivity contribution in [3.8, 4) is 0 Å². The number of carbonyl (C=O) groups is 1. The van der Waals surface area contributed by atoms with E-state index in [2.05, 4.69) is 10.4 Å². The molecule has 3 N–H and O–H groups in total. The molecule has 0 saturated heterocycles. The Morgan fingerprint density at radius 1 is 1.40 bits per heavy atom. The van der Waals surface area contributed by atoms with Gasteiger partial charge >= 0.3 is 0 Å². The molecule has 0 aliphatic heterocycles. The Morgan fingerprint density at radius 3 is 2.65 bits per heavy atom. The summed E-state index contributed by atoms with van der Waals surface area (Å²) < 4.78 is 1.56. The lowest BCUT2D eigenvalue weighted by atomic mass is 10.3. The number of anilines is 2. The number of aromatic nitrogens is 2. The van der Waals surface area contributed by atoms with Crippen LogP contribution in [0.1, 0.15) is 11.4 Å². The van der Waals surface area contributed by atoms with Crippen molar-refractivity contribution in [1.29, 1.82) is 0 Å². The summed E-state index contributed by atoms with van der Waals surface area (Å²) in [5.74, 6) is -0.214. The molecule has 7 heteroatoms. The Hall–Kier alpha value is -1.72. The van der Waals surface area contributed by atoms with Gasteiger partial charge in [-0.2, -0.15) is 5.10 Å². The predicted molar refractivity (Wildman–Crippen MR) is 81.2 cm³/mol. The lowest BCUT2D eigenvalue weighted by molar-refractivity contribution is -0.116. The molecule has 5 nitrogen and oxygen atoms in total. The number of nitrogens with one attached hydrogen (secondary N) is 1. The molecular formula is C13H14Cl2N4O. The van der Waals surface area contributed by atoms with Gasteiger partial charge in [0.1, 0.15) is 6.54 Å². The first-order valence-electron chi connectivity index (χ1n) is 5.93. The number of carbonyl (C=O) groups excluding carboxylic acids is 1. The zero-order chi connectivity index (χ0) is 14.9. The van der Waals surface area contributed by atoms with Crippen LogP contribution in [-0.4, -0.2) is 15.7 Å². The van der Waals surface area contributed by atoms with Crippen LogP contribution >= 0.6 is 23.2 Å². The van der Waals surface area contributed by atoms with Gasteiger partial charge < -0.3 is 11.1 Å². The molecular weight excluding hydrogens is 299 g/mol. The third-order valence-electron chi connectivity index (χ3n) is 2.87. The van der Waals surface area contributed by atoms with E-state index in [9.17, 15) is 4.79 Å². The van der Waals surface area contributed by atoms with Crippen molar-refractivity contribution in [2.45, 2.75) is 20.4 Å². The first-order valence-corrected chi connectivity index (χ1v) is 6.68. The molecule has 0 atom stereocenters. The standard InChI is InChI=1S/C13H14Cl2N4O/c1-7-13(15)8(2)19(18-7)6-12(20)17-9-3-4-10(14)11(16)5-9/h3-5H,6,16H2,1-2H3,(H,17,20). The Kier molecular flexibility index (Phi) is 4.20. The minimum Gasteiger partial charge on any atom is -0.397 e. The van der Waals surface area contributed by atoms with E-state index in [1.54, 1.807) is 29.8 Å². The Bertz CT molecular complexity index is 667. The highest BCUT2D eigenvalue weighted by Gasteiger charge is 2.12. The summed E-state index contributed by atoms with van der Waals surface area (Å²) >= 11 is 11.9. The molecule has 0 unspecified atom stereocenters. The zero-order valence-electron chi connectivity index (χ0n) is 11.1. The van der Waals surface area contributed by atoms with Gasteiger partial charge in [-0.15, -0.1) is 0 Å². The van der Waals surface area contributed by atoms with Crippen molar-refractivity contribution in [1.82, 2.24) is 9.78 Å². The molecule has 1 aromatic carbocycles. The highest BCUT2D eigenvalue weighted by atomic mass is 35.5. The number of amides is 1. The molecule has 0 bridgehead atoms. The van der Waals surface area contributed by atoms with Crippen molar-refractivity contribution in [3.63, 3.8) is 0 Å². The minimum absolute atomic E-state index is 0.0852. The summed E-state index contributed by atoms with van der Waals surface area (Å²) in [5.41, 5.74) is 8.14. The number of nitrogens with zero attached hydrogens (tertiary/aromatic N) is 2. The van der Waals surface area contributed by atoms with Gasteiger partial charge in [0, 0.05) is 5.69 Å². The van der Waals surface area contributed by atoms with Gasteiger partial charge in [-0.05, 0) is 32.0 Å². The number of aryl methyl sites for hydroxylation is 1. The third-order valence-corrected chi connectivity index (χ3v) is 3.76. The highest BCUT2D eigenvalue weighted by Crippen LogP contribution is 2.22. The van der Waals surface area contributed by atoms with Crippen molar-refractivity contribution < 1.29 is 4.79 Å². The maximum absolute atomic E-state index is 12.0. The number of hydrogen-bond donors (Lipinski definition) is 2. The molecule has 0 radical (unpaired) electrons. The minimum atomic E-state index is -0.214. The van der Waals surface area contributed by atoms with E-state index in [0.29, 0.717) is 27.1 Å². The van der Waals surface area contributed by atoms with Gasteiger partial charge in [-0.25, -0.2) is 0 Å². The van der Waals surface area contributed by atoms with Gasteiger partial charge in [0.2, 0.25) is 5.91 Å². The number of halogens is 2. The number of hydrogen-bond acceptors (Lipinski definition) is 3. The highest BCUT2D eigenvalue weighted by molar-refractivity contribution is 6.33. The van der Waals surface area contributed by atoms with E-state index in [1.807, 2.05) is 6.92 Å². The van der Waals surface area contributed by atoms with E-state index in [1.165, 1.54) is 0 Å². The van der Waals surface area contributed by atoms with Crippen LogP contribution in [0.25, 0.3) is 0 Å². The molecule has 2 aromatic rings. The lowest BCUT2D eigenvalue weighted by Gasteiger charge is -2.08. The molecule has 0 aliphatic rings. The fourth-order valence-corrected chi connectivity index (χ4v) is 2.04. The quantitative estimate of drug-likeness (QED) is 0.856. The van der Waals surface area contributed by atoms with E-state index in [4.69, 9.17) is 28.9 Å². The van der Waals surface area contributed by atoms with Crippen LogP contribution in [0.4, 0.5) is 11.4 Å². The Balaban J connectivity index is 2.09. The van der Waals surface area contributed by atoms with Crippen LogP contribution in [0, 0.1) is 13.8 Å². The fraction of sp³-hybridized carbons (Fsp3) is 0.231. The largest absolute Gasteiger partial charge is 0.397 e. The van der Waals surface area contributed by atoms with Crippen molar-refractivity contribution >= 4 is 40.5 Å². The van der Waals surface area contributed by atoms with Gasteiger partial charge in [0.15, 0.2) is 0 Å². The summed E-state index contributed by atoms with van der Waals surface area (Å²) in [4.78, 5) is 12.0. The first kappa shape index (κ1) is 14.7. The summed E-state index contributed by atoms with van der Waals surface area (Å²) in [6.45, 7) is 3.70. The van der Waals surface area contributed by atoms with Gasteiger partial charge in [-0.1, -0.05) is 23.2 Å². The molecule has 2 rings (SSSR count). The molecule has 0 spiro atoms. The van der Waals surface area contributed by atoms with Gasteiger partial charge in [0.25, 0.3) is 0 Å². The summed E-state index contributed by atoms with van der Waals surface area (Å²) in [5, 5.41) is 7.96. The molecule has 1 heterocycles. The normalized spacial score (nSPS) is 10.6.